The number of halogens is 4. The monoisotopic (exact) mass is 297 g/mol. The first-order chi connectivity index (χ1) is 8.97. The lowest BCUT2D eigenvalue weighted by atomic mass is 10.2. The van der Waals surface area contributed by atoms with Gasteiger partial charge in [0.05, 0.1) is 7.11 Å². The molecule has 1 rings (SSSR count). The third kappa shape index (κ3) is 4.51. The highest BCUT2D eigenvalue weighted by molar-refractivity contribution is 6.29. The molecule has 1 amide bonds. The number of hydrogen-bond donors (Lipinski definition) is 1. The summed E-state index contributed by atoms with van der Waals surface area (Å²) in [4.78, 5) is 11.1. The summed E-state index contributed by atoms with van der Waals surface area (Å²) in [7, 11) is 1.27. The second-order valence-electron chi connectivity index (χ2n) is 3.35. The number of carbonyl (C=O) groups excluding carboxylic acids is 1. The molecule has 0 spiro atoms. The fourth-order valence-electron chi connectivity index (χ4n) is 1.21. The minimum absolute atomic E-state index is 0.0622. The maximum Gasteiger partial charge on any atom is 0.304 e. The van der Waals surface area contributed by atoms with Crippen LogP contribution in [0.3, 0.4) is 0 Å². The molecule has 1 N–H and O–H groups in total. The first kappa shape index (κ1) is 15.4. The Bertz CT molecular complexity index is 445. The minimum Gasteiger partial charge on any atom is -0.493 e. The fraction of sp³-hybridized carbons (Fsp3) is 0.364. The van der Waals surface area contributed by atoms with Crippen LogP contribution in [-0.4, -0.2) is 31.7 Å². The molecule has 0 aromatic heterocycles. The summed E-state index contributed by atoms with van der Waals surface area (Å²) >= 11 is 5.30. The van der Waals surface area contributed by atoms with Gasteiger partial charge in [0.15, 0.2) is 11.5 Å². The molecule has 1 aromatic carbocycles. The number of anilines is 1. The lowest BCUT2D eigenvalue weighted by Gasteiger charge is -2.14. The predicted octanol–water partition coefficient (Wildman–Crippen LogP) is 2.81. The molecular formula is C11H11ClF3NO3. The molecule has 0 fully saturated rings. The quantitative estimate of drug-likeness (QED) is 0.821. The average molecular weight is 298 g/mol. The second-order valence-corrected chi connectivity index (χ2v) is 3.62. The summed E-state index contributed by atoms with van der Waals surface area (Å²) in [6, 6.07) is 3.95. The van der Waals surface area contributed by atoms with Crippen LogP contribution in [-0.2, 0) is 4.79 Å². The van der Waals surface area contributed by atoms with E-state index in [4.69, 9.17) is 16.3 Å². The van der Waals surface area contributed by atoms with Gasteiger partial charge in [0.1, 0.15) is 5.88 Å². The summed E-state index contributed by atoms with van der Waals surface area (Å²) in [5.74, 6) is -0.955. The number of hydrogen-bond acceptors (Lipinski definition) is 3. The third-order valence-corrected chi connectivity index (χ3v) is 2.25. The van der Waals surface area contributed by atoms with Crippen molar-refractivity contribution in [1.29, 1.82) is 0 Å². The highest BCUT2D eigenvalue weighted by Gasteiger charge is 2.22. The van der Waals surface area contributed by atoms with E-state index >= 15 is 0 Å². The summed E-state index contributed by atoms with van der Waals surface area (Å²) in [6.07, 6.45) is -6.07. The number of alkyl halides is 4. The van der Waals surface area contributed by atoms with Crippen molar-refractivity contribution in [3.8, 4) is 11.5 Å². The van der Waals surface area contributed by atoms with Crippen molar-refractivity contribution >= 4 is 23.2 Å². The van der Waals surface area contributed by atoms with E-state index in [2.05, 4.69) is 10.1 Å². The predicted molar refractivity (Wildman–Crippen MR) is 63.9 cm³/mol. The van der Waals surface area contributed by atoms with E-state index in [0.717, 1.165) is 6.07 Å². The molecule has 0 bridgehead atoms. The molecule has 0 saturated heterocycles. The van der Waals surface area contributed by atoms with Crippen LogP contribution in [0.5, 0.6) is 11.5 Å². The minimum atomic E-state index is -3.29. The van der Waals surface area contributed by atoms with Gasteiger partial charge >= 0.3 is 6.43 Å². The molecule has 1 aromatic rings. The van der Waals surface area contributed by atoms with Crippen LogP contribution in [0, 0.1) is 0 Å². The van der Waals surface area contributed by atoms with E-state index in [1.54, 1.807) is 0 Å². The molecule has 0 aliphatic carbocycles. The Morgan fingerprint density at radius 2 is 2.05 bits per heavy atom. The van der Waals surface area contributed by atoms with E-state index in [1.807, 2.05) is 0 Å². The Balaban J connectivity index is 2.92. The molecular weight excluding hydrogens is 287 g/mol. The first-order valence-corrected chi connectivity index (χ1v) is 5.64. The highest BCUT2D eigenvalue weighted by Crippen LogP contribution is 2.32. The van der Waals surface area contributed by atoms with Crippen molar-refractivity contribution < 1.29 is 27.4 Å². The van der Waals surface area contributed by atoms with Crippen LogP contribution in [0.1, 0.15) is 0 Å². The van der Waals surface area contributed by atoms with Gasteiger partial charge in [0.25, 0.3) is 6.36 Å². The molecule has 0 heterocycles. The molecule has 1 unspecified atom stereocenters. The van der Waals surface area contributed by atoms with Crippen molar-refractivity contribution in [3.05, 3.63) is 18.2 Å². The third-order valence-electron chi connectivity index (χ3n) is 2.01. The lowest BCUT2D eigenvalue weighted by Crippen LogP contribution is -2.20. The van der Waals surface area contributed by atoms with Crippen molar-refractivity contribution in [2.24, 2.45) is 0 Å². The Hall–Kier alpha value is -1.63. The smallest absolute Gasteiger partial charge is 0.304 e. The average Bonchev–Trinajstić information content (AvgIpc) is 2.38. The van der Waals surface area contributed by atoms with E-state index in [0.29, 0.717) is 0 Å². The van der Waals surface area contributed by atoms with E-state index in [-0.39, 0.29) is 23.1 Å². The van der Waals surface area contributed by atoms with Gasteiger partial charge in [-0.05, 0) is 12.1 Å². The van der Waals surface area contributed by atoms with Gasteiger partial charge in [-0.25, -0.2) is 8.78 Å². The van der Waals surface area contributed by atoms with Gasteiger partial charge in [-0.15, -0.1) is 11.6 Å². The van der Waals surface area contributed by atoms with Gasteiger partial charge in [0.2, 0.25) is 5.91 Å². The van der Waals surface area contributed by atoms with E-state index in [9.17, 15) is 18.0 Å². The topological polar surface area (TPSA) is 47.6 Å². The molecule has 1 atom stereocenters. The molecule has 0 radical (unpaired) electrons. The van der Waals surface area contributed by atoms with Crippen molar-refractivity contribution in [1.82, 2.24) is 0 Å². The Morgan fingerprint density at radius 3 is 2.58 bits per heavy atom. The van der Waals surface area contributed by atoms with Crippen molar-refractivity contribution in [2.45, 2.75) is 12.8 Å². The molecule has 0 aliphatic heterocycles. The normalized spacial score (nSPS) is 12.1. The second kappa shape index (κ2) is 7.08. The molecule has 106 valence electrons. The number of amides is 1. The summed E-state index contributed by atoms with van der Waals surface area (Å²) in [5.41, 5.74) is 0.225. The Kier molecular flexibility index (Phi) is 5.75. The van der Waals surface area contributed by atoms with Gasteiger partial charge in [-0.1, -0.05) is 0 Å². The van der Waals surface area contributed by atoms with Gasteiger partial charge in [-0.2, -0.15) is 4.39 Å². The zero-order valence-corrected chi connectivity index (χ0v) is 10.6. The van der Waals surface area contributed by atoms with E-state index < -0.39 is 18.7 Å². The highest BCUT2D eigenvalue weighted by atomic mass is 35.5. The number of nitrogens with one attached hydrogen (secondary N) is 1. The molecule has 0 saturated carbocycles. The molecule has 19 heavy (non-hydrogen) atoms. The van der Waals surface area contributed by atoms with Crippen molar-refractivity contribution in [3.63, 3.8) is 0 Å². The van der Waals surface area contributed by atoms with Gasteiger partial charge in [-0.3, -0.25) is 4.79 Å². The van der Waals surface area contributed by atoms with Crippen molar-refractivity contribution in [2.75, 3.05) is 18.3 Å². The summed E-state index contributed by atoms with van der Waals surface area (Å²) < 4.78 is 46.3. The van der Waals surface area contributed by atoms with Crippen LogP contribution in [0.15, 0.2) is 18.2 Å². The largest absolute Gasteiger partial charge is 0.493 e. The Labute approximate surface area is 112 Å². The number of carbonyl (C=O) groups is 1. The van der Waals surface area contributed by atoms with Crippen LogP contribution >= 0.6 is 11.6 Å². The zero-order chi connectivity index (χ0) is 14.4. The SMILES string of the molecule is COc1ccc(NC(=O)CCl)cc1OC(F)C(F)F. The summed E-state index contributed by atoms with van der Waals surface area (Å²) in [6.45, 7) is 0. The number of methoxy groups -OCH3 is 1. The number of rotatable bonds is 6. The van der Waals surface area contributed by atoms with Gasteiger partial charge in [0, 0.05) is 11.8 Å². The molecule has 8 heteroatoms. The van der Waals surface area contributed by atoms with Crippen LogP contribution in [0.25, 0.3) is 0 Å². The summed E-state index contributed by atoms with van der Waals surface area (Å²) in [5, 5.41) is 2.37. The van der Waals surface area contributed by atoms with E-state index in [1.165, 1.54) is 19.2 Å². The fourth-order valence-corrected chi connectivity index (χ4v) is 1.28. The Morgan fingerprint density at radius 1 is 1.37 bits per heavy atom. The maximum absolute atomic E-state index is 12.9. The number of ether oxygens (including phenoxy) is 2. The zero-order valence-electron chi connectivity index (χ0n) is 9.83. The molecule has 0 aliphatic rings. The lowest BCUT2D eigenvalue weighted by molar-refractivity contribution is -0.113. The first-order valence-electron chi connectivity index (χ1n) is 5.10. The van der Waals surface area contributed by atoms with Crippen LogP contribution < -0.4 is 14.8 Å². The number of benzene rings is 1. The van der Waals surface area contributed by atoms with Gasteiger partial charge < -0.3 is 14.8 Å². The standard InChI is InChI=1S/C11H11ClF3NO3/c1-18-7-3-2-6(16-9(17)5-12)4-8(7)19-11(15)10(13)14/h2-4,10-11H,5H2,1H3,(H,16,17). The van der Waals surface area contributed by atoms with Crippen LogP contribution in [0.2, 0.25) is 0 Å². The molecule has 4 nitrogen and oxygen atoms in total. The van der Waals surface area contributed by atoms with Crippen LogP contribution in [0.4, 0.5) is 18.9 Å². The maximum atomic E-state index is 12.9.